The van der Waals surface area contributed by atoms with Crippen LogP contribution in [0.15, 0.2) is 24.3 Å². The first-order chi connectivity index (χ1) is 12.5. The van der Waals surface area contributed by atoms with Gasteiger partial charge in [-0.05, 0) is 43.4 Å². The minimum atomic E-state index is -0.896. The molecule has 1 aliphatic carbocycles. The van der Waals surface area contributed by atoms with Crippen molar-refractivity contribution < 1.29 is 18.8 Å². The van der Waals surface area contributed by atoms with E-state index in [1.54, 1.807) is 17.8 Å². The van der Waals surface area contributed by atoms with Gasteiger partial charge >= 0.3 is 0 Å². The quantitative estimate of drug-likeness (QED) is 0.773. The van der Waals surface area contributed by atoms with Crippen LogP contribution in [0.1, 0.15) is 32.1 Å². The van der Waals surface area contributed by atoms with E-state index in [0.717, 1.165) is 17.7 Å². The van der Waals surface area contributed by atoms with Crippen LogP contribution in [0.3, 0.4) is 0 Å². The number of rotatable bonds is 6. The number of benzene rings is 1. The van der Waals surface area contributed by atoms with E-state index in [2.05, 4.69) is 5.32 Å². The summed E-state index contributed by atoms with van der Waals surface area (Å²) in [6, 6.07) is 4.98. The van der Waals surface area contributed by atoms with Gasteiger partial charge in [0.05, 0.1) is 17.5 Å². The highest BCUT2D eigenvalue weighted by Crippen LogP contribution is 2.39. The predicted molar refractivity (Wildman–Crippen MR) is 99.1 cm³/mol. The lowest BCUT2D eigenvalue weighted by molar-refractivity contribution is -0.146. The van der Waals surface area contributed by atoms with E-state index in [1.807, 2.05) is 6.26 Å². The van der Waals surface area contributed by atoms with E-state index in [1.165, 1.54) is 18.2 Å². The van der Waals surface area contributed by atoms with Crippen molar-refractivity contribution in [2.45, 2.75) is 38.1 Å². The van der Waals surface area contributed by atoms with Crippen molar-refractivity contribution in [1.29, 1.82) is 0 Å². The van der Waals surface area contributed by atoms with Gasteiger partial charge in [-0.25, -0.2) is 4.39 Å². The minimum absolute atomic E-state index is 0.0585. The molecular formula is C19H23FN2O3S. The van der Waals surface area contributed by atoms with Crippen molar-refractivity contribution in [2.24, 2.45) is 11.8 Å². The molecule has 0 radical (unpaired) electrons. The second-order valence-corrected chi connectivity index (χ2v) is 7.80. The maximum absolute atomic E-state index is 13.9. The van der Waals surface area contributed by atoms with Crippen LogP contribution in [-0.2, 0) is 14.4 Å². The molecule has 0 spiro atoms. The third-order valence-corrected chi connectivity index (χ3v) is 5.86. The first-order valence-corrected chi connectivity index (χ1v) is 10.3. The molecule has 1 saturated carbocycles. The summed E-state index contributed by atoms with van der Waals surface area (Å²) in [7, 11) is 0. The molecule has 0 bridgehead atoms. The van der Waals surface area contributed by atoms with Crippen molar-refractivity contribution in [3.8, 4) is 0 Å². The second-order valence-electron chi connectivity index (χ2n) is 6.81. The molecule has 1 heterocycles. The molecule has 7 heteroatoms. The molecule has 2 aliphatic rings. The van der Waals surface area contributed by atoms with Gasteiger partial charge in [0, 0.05) is 0 Å². The maximum Gasteiger partial charge on any atom is 0.247 e. The molecule has 1 aromatic carbocycles. The summed E-state index contributed by atoms with van der Waals surface area (Å²) in [5.41, 5.74) is 0.0585. The Morgan fingerprint density at radius 3 is 2.42 bits per heavy atom. The zero-order chi connectivity index (χ0) is 18.7. The van der Waals surface area contributed by atoms with Gasteiger partial charge in [-0.3, -0.25) is 19.3 Å². The molecule has 1 N–H and O–H groups in total. The van der Waals surface area contributed by atoms with Gasteiger partial charge in [0.2, 0.25) is 17.7 Å². The summed E-state index contributed by atoms with van der Waals surface area (Å²) in [4.78, 5) is 39.6. The summed E-state index contributed by atoms with van der Waals surface area (Å²) < 4.78 is 13.9. The van der Waals surface area contributed by atoms with Crippen molar-refractivity contribution in [1.82, 2.24) is 4.90 Å². The molecule has 0 aromatic heterocycles. The summed E-state index contributed by atoms with van der Waals surface area (Å²) in [5, 5.41) is 2.55. The van der Waals surface area contributed by atoms with Crippen LogP contribution < -0.4 is 5.32 Å². The Morgan fingerprint density at radius 1 is 1.23 bits per heavy atom. The highest BCUT2D eigenvalue weighted by atomic mass is 32.2. The number of likely N-dealkylation sites (tertiary alicyclic amines) is 1. The fraction of sp³-hybridized carbons (Fsp3) is 0.526. The number of carbonyl (C=O) groups excluding carboxylic acids is 3. The van der Waals surface area contributed by atoms with Gasteiger partial charge in [-0.2, -0.15) is 11.8 Å². The normalized spacial score (nSPS) is 23.7. The number of thioether (sulfide) groups is 1. The van der Waals surface area contributed by atoms with Gasteiger partial charge in [-0.15, -0.1) is 0 Å². The Kier molecular flexibility index (Phi) is 5.96. The third-order valence-electron chi connectivity index (χ3n) is 5.22. The second kappa shape index (κ2) is 8.20. The summed E-state index contributed by atoms with van der Waals surface area (Å²) in [5.74, 6) is -1.50. The monoisotopic (exact) mass is 378 g/mol. The maximum atomic E-state index is 13.9. The Morgan fingerprint density at radius 2 is 1.85 bits per heavy atom. The van der Waals surface area contributed by atoms with E-state index in [9.17, 15) is 18.8 Å². The van der Waals surface area contributed by atoms with E-state index < -0.39 is 17.8 Å². The molecule has 26 heavy (non-hydrogen) atoms. The molecule has 1 aliphatic heterocycles. The Bertz CT molecular complexity index is 688. The fourth-order valence-electron chi connectivity index (χ4n) is 3.88. The van der Waals surface area contributed by atoms with Crippen LogP contribution in [0.2, 0.25) is 0 Å². The lowest BCUT2D eigenvalue weighted by Gasteiger charge is -2.26. The first kappa shape index (κ1) is 18.9. The SMILES string of the molecule is CSCC[C@H](C(=O)Nc1ccccc1F)N1C(=O)[C@H]2CCCC[C@@H]2C1=O. The molecule has 3 atom stereocenters. The predicted octanol–water partition coefficient (Wildman–Crippen LogP) is 3.06. The fourth-order valence-corrected chi connectivity index (χ4v) is 4.34. The van der Waals surface area contributed by atoms with E-state index in [-0.39, 0.29) is 29.3 Å². The van der Waals surface area contributed by atoms with Gasteiger partial charge in [0.1, 0.15) is 11.9 Å². The topological polar surface area (TPSA) is 66.5 Å². The largest absolute Gasteiger partial charge is 0.322 e. The Hall–Kier alpha value is -1.89. The lowest BCUT2D eigenvalue weighted by Crippen LogP contribution is -2.48. The first-order valence-electron chi connectivity index (χ1n) is 8.96. The van der Waals surface area contributed by atoms with Crippen molar-refractivity contribution >= 4 is 35.2 Å². The standard InChI is InChI=1S/C19H23FN2O3S/c1-26-11-10-16(17(23)21-15-9-5-4-8-14(15)20)22-18(24)12-6-2-3-7-13(12)19(22)25/h4-5,8-9,12-13,16H,2-3,6-7,10-11H2,1H3,(H,21,23)/t12-,13-,16+/m0/s1. The molecule has 1 aromatic rings. The smallest absolute Gasteiger partial charge is 0.247 e. The number of amides is 3. The molecule has 3 rings (SSSR count). The van der Waals surface area contributed by atoms with Crippen LogP contribution in [0.4, 0.5) is 10.1 Å². The number of fused-ring (bicyclic) bond motifs is 1. The highest BCUT2D eigenvalue weighted by Gasteiger charge is 2.51. The van der Waals surface area contributed by atoms with Crippen LogP contribution in [0.25, 0.3) is 0 Å². The Labute approximate surface area is 156 Å². The van der Waals surface area contributed by atoms with E-state index in [0.29, 0.717) is 25.0 Å². The molecule has 140 valence electrons. The zero-order valence-corrected chi connectivity index (χ0v) is 15.6. The summed E-state index contributed by atoms with van der Waals surface area (Å²) >= 11 is 1.54. The summed E-state index contributed by atoms with van der Waals surface area (Å²) in [6.45, 7) is 0. The number of hydrogen-bond donors (Lipinski definition) is 1. The molecular weight excluding hydrogens is 355 g/mol. The average Bonchev–Trinajstić information content (AvgIpc) is 2.89. The van der Waals surface area contributed by atoms with Gasteiger partial charge < -0.3 is 5.32 Å². The number of nitrogens with zero attached hydrogens (tertiary/aromatic N) is 1. The lowest BCUT2D eigenvalue weighted by atomic mass is 9.81. The number of imide groups is 1. The highest BCUT2D eigenvalue weighted by molar-refractivity contribution is 7.98. The van der Waals surface area contributed by atoms with Gasteiger partial charge in [0.25, 0.3) is 0 Å². The molecule has 0 unspecified atom stereocenters. The van der Waals surface area contributed by atoms with Crippen LogP contribution in [0.5, 0.6) is 0 Å². The number of carbonyl (C=O) groups is 3. The minimum Gasteiger partial charge on any atom is -0.322 e. The summed E-state index contributed by atoms with van der Waals surface area (Å²) in [6.07, 6.45) is 5.54. The van der Waals surface area contributed by atoms with Crippen molar-refractivity contribution in [3.63, 3.8) is 0 Å². The van der Waals surface area contributed by atoms with Crippen LogP contribution in [0, 0.1) is 17.7 Å². The number of halogens is 1. The molecule has 5 nitrogen and oxygen atoms in total. The van der Waals surface area contributed by atoms with Crippen LogP contribution >= 0.6 is 11.8 Å². The third kappa shape index (κ3) is 3.63. The Balaban J connectivity index is 1.83. The van der Waals surface area contributed by atoms with Gasteiger partial charge in [0.15, 0.2) is 0 Å². The van der Waals surface area contributed by atoms with Crippen molar-refractivity contribution in [2.75, 3.05) is 17.3 Å². The average molecular weight is 378 g/mol. The van der Waals surface area contributed by atoms with E-state index >= 15 is 0 Å². The molecule has 3 amide bonds. The van der Waals surface area contributed by atoms with Crippen molar-refractivity contribution in [3.05, 3.63) is 30.1 Å². The van der Waals surface area contributed by atoms with Crippen LogP contribution in [-0.4, -0.2) is 40.7 Å². The number of anilines is 1. The molecule has 2 fully saturated rings. The molecule has 1 saturated heterocycles. The number of hydrogen-bond acceptors (Lipinski definition) is 4. The van der Waals surface area contributed by atoms with Gasteiger partial charge in [-0.1, -0.05) is 25.0 Å². The van der Waals surface area contributed by atoms with E-state index in [4.69, 9.17) is 0 Å². The number of nitrogens with one attached hydrogen (secondary N) is 1. The zero-order valence-electron chi connectivity index (χ0n) is 14.7. The number of para-hydroxylation sites is 1.